The van der Waals surface area contributed by atoms with Gasteiger partial charge in [0, 0.05) is 5.75 Å². The van der Waals surface area contributed by atoms with Crippen LogP contribution in [0.1, 0.15) is 38.3 Å². The van der Waals surface area contributed by atoms with Gasteiger partial charge in [0.05, 0.1) is 12.1 Å². The number of nitrogens with zero attached hydrogens (tertiary/aromatic N) is 3. The Balaban J connectivity index is 1.56. The van der Waals surface area contributed by atoms with Crippen molar-refractivity contribution < 1.29 is 14.4 Å². The molecule has 1 N–H and O–H groups in total. The third kappa shape index (κ3) is 4.27. The van der Waals surface area contributed by atoms with Crippen LogP contribution in [0.15, 0.2) is 65.7 Å². The van der Waals surface area contributed by atoms with E-state index in [1.807, 2.05) is 81.4 Å². The molecule has 2 aliphatic heterocycles. The summed E-state index contributed by atoms with van der Waals surface area (Å²) in [4.78, 5) is 47.0. The van der Waals surface area contributed by atoms with Gasteiger partial charge in [0.2, 0.25) is 5.91 Å². The number of aliphatic imine (C=N–C) groups is 1. The summed E-state index contributed by atoms with van der Waals surface area (Å²) in [5.41, 5.74) is 0.131. The fourth-order valence-corrected chi connectivity index (χ4v) is 5.52. The van der Waals surface area contributed by atoms with Crippen LogP contribution >= 0.6 is 11.8 Å². The minimum atomic E-state index is -1.15. The fourth-order valence-electron chi connectivity index (χ4n) is 4.27. The molecule has 2 aromatic carbocycles. The zero-order chi connectivity index (χ0) is 23.6. The highest BCUT2D eigenvalue weighted by molar-refractivity contribution is 8.14. The summed E-state index contributed by atoms with van der Waals surface area (Å²) in [5, 5.41) is 3.46. The Morgan fingerprint density at radius 1 is 1.06 bits per heavy atom. The van der Waals surface area contributed by atoms with E-state index >= 15 is 0 Å². The Bertz CT molecular complexity index is 1090. The average molecular weight is 465 g/mol. The van der Waals surface area contributed by atoms with E-state index in [1.165, 1.54) is 11.8 Å². The first-order valence-corrected chi connectivity index (χ1v) is 12.0. The van der Waals surface area contributed by atoms with E-state index in [2.05, 4.69) is 10.3 Å². The molecule has 33 heavy (non-hydrogen) atoms. The maximum atomic E-state index is 13.4. The third-order valence-electron chi connectivity index (χ3n) is 6.11. The molecule has 172 valence electrons. The van der Waals surface area contributed by atoms with E-state index in [-0.39, 0.29) is 12.5 Å². The quantitative estimate of drug-likeness (QED) is 0.660. The number of hydrogen-bond donors (Lipinski definition) is 1. The van der Waals surface area contributed by atoms with Crippen molar-refractivity contribution >= 4 is 34.8 Å². The lowest BCUT2D eigenvalue weighted by molar-refractivity contribution is -0.138. The standard InChI is InChI=1S/C25H28N4O3S/c1-4-25(19-13-9-6-10-14-19)21(31)28(22(32)27-25)16-20(30)29-23(33-17-24(29,2)3)26-15-18-11-7-5-8-12-18/h5-14H,4,15-17H2,1-3H3,(H,27,32). The summed E-state index contributed by atoms with van der Waals surface area (Å²) in [6.45, 7) is 5.92. The molecular formula is C25H28N4O3S. The zero-order valence-electron chi connectivity index (χ0n) is 19.1. The number of amides is 4. The lowest BCUT2D eigenvalue weighted by Crippen LogP contribution is -2.51. The minimum absolute atomic E-state index is 0.319. The van der Waals surface area contributed by atoms with Crippen LogP contribution < -0.4 is 5.32 Å². The second-order valence-corrected chi connectivity index (χ2v) is 9.80. The highest BCUT2D eigenvalue weighted by atomic mass is 32.2. The highest BCUT2D eigenvalue weighted by Gasteiger charge is 2.52. The normalized spacial score (nSPS) is 23.3. The molecule has 0 spiro atoms. The van der Waals surface area contributed by atoms with E-state index < -0.39 is 23.0 Å². The van der Waals surface area contributed by atoms with Gasteiger partial charge in [-0.3, -0.25) is 24.4 Å². The Kier molecular flexibility index (Phi) is 6.30. The van der Waals surface area contributed by atoms with E-state index in [1.54, 1.807) is 4.90 Å². The summed E-state index contributed by atoms with van der Waals surface area (Å²) in [6.07, 6.45) is 0.390. The molecule has 7 nitrogen and oxygen atoms in total. The van der Waals surface area contributed by atoms with Gasteiger partial charge in [-0.05, 0) is 31.4 Å². The Hall–Kier alpha value is -3.13. The van der Waals surface area contributed by atoms with Crippen LogP contribution in [0.4, 0.5) is 4.79 Å². The maximum Gasteiger partial charge on any atom is 0.325 e. The SMILES string of the molecule is CCC1(c2ccccc2)NC(=O)N(CC(=O)N2C(=NCc3ccccc3)SCC2(C)C)C1=O. The molecular weight excluding hydrogens is 436 g/mol. The average Bonchev–Trinajstić information content (AvgIpc) is 3.26. The number of imide groups is 1. The van der Waals surface area contributed by atoms with Crippen LogP contribution in [0.2, 0.25) is 0 Å². The number of urea groups is 1. The molecule has 2 saturated heterocycles. The van der Waals surface area contributed by atoms with Gasteiger partial charge in [0.1, 0.15) is 12.1 Å². The number of benzene rings is 2. The summed E-state index contributed by atoms with van der Waals surface area (Å²) >= 11 is 1.52. The second kappa shape index (κ2) is 9.02. The van der Waals surface area contributed by atoms with Crippen molar-refractivity contribution in [2.75, 3.05) is 12.3 Å². The van der Waals surface area contributed by atoms with Crippen molar-refractivity contribution in [3.63, 3.8) is 0 Å². The van der Waals surface area contributed by atoms with Gasteiger partial charge < -0.3 is 5.32 Å². The molecule has 1 unspecified atom stereocenters. The molecule has 2 heterocycles. The van der Waals surface area contributed by atoms with E-state index in [4.69, 9.17) is 0 Å². The number of carbonyl (C=O) groups excluding carboxylic acids is 3. The van der Waals surface area contributed by atoms with E-state index in [0.29, 0.717) is 29.4 Å². The number of carbonyl (C=O) groups is 3. The van der Waals surface area contributed by atoms with Gasteiger partial charge in [-0.25, -0.2) is 4.79 Å². The van der Waals surface area contributed by atoms with Crippen LogP contribution in [-0.4, -0.2) is 50.6 Å². The predicted molar refractivity (Wildman–Crippen MR) is 130 cm³/mol. The van der Waals surface area contributed by atoms with Crippen LogP contribution in [0, 0.1) is 0 Å². The molecule has 0 aliphatic carbocycles. The maximum absolute atomic E-state index is 13.4. The highest BCUT2D eigenvalue weighted by Crippen LogP contribution is 2.35. The summed E-state index contributed by atoms with van der Waals surface area (Å²) in [6, 6.07) is 18.4. The Morgan fingerprint density at radius 3 is 2.33 bits per heavy atom. The van der Waals surface area contributed by atoms with Crippen LogP contribution in [0.3, 0.4) is 0 Å². The molecule has 0 bridgehead atoms. The van der Waals surface area contributed by atoms with E-state index in [9.17, 15) is 14.4 Å². The van der Waals surface area contributed by atoms with Crippen molar-refractivity contribution in [3.05, 3.63) is 71.8 Å². The lowest BCUT2D eigenvalue weighted by Gasteiger charge is -2.31. The van der Waals surface area contributed by atoms with Crippen molar-refractivity contribution in [3.8, 4) is 0 Å². The second-order valence-electron chi connectivity index (χ2n) is 8.86. The summed E-state index contributed by atoms with van der Waals surface area (Å²) < 4.78 is 0. The molecule has 1 atom stereocenters. The van der Waals surface area contributed by atoms with Crippen molar-refractivity contribution in [2.24, 2.45) is 4.99 Å². The van der Waals surface area contributed by atoms with Crippen LogP contribution in [0.5, 0.6) is 0 Å². The monoisotopic (exact) mass is 464 g/mol. The fraction of sp³-hybridized carbons (Fsp3) is 0.360. The minimum Gasteiger partial charge on any atom is -0.319 e. The first-order chi connectivity index (χ1) is 15.8. The molecule has 4 rings (SSSR count). The van der Waals surface area contributed by atoms with Gasteiger partial charge in [-0.1, -0.05) is 79.3 Å². The van der Waals surface area contributed by atoms with Crippen LogP contribution in [0.25, 0.3) is 0 Å². The predicted octanol–water partition coefficient (Wildman–Crippen LogP) is 3.75. The topological polar surface area (TPSA) is 82.1 Å². The first kappa shape index (κ1) is 23.0. The molecule has 0 saturated carbocycles. The Morgan fingerprint density at radius 2 is 1.70 bits per heavy atom. The van der Waals surface area contributed by atoms with Gasteiger partial charge in [-0.15, -0.1) is 0 Å². The van der Waals surface area contributed by atoms with Crippen molar-refractivity contribution in [1.29, 1.82) is 0 Å². The van der Waals surface area contributed by atoms with Gasteiger partial charge in [-0.2, -0.15) is 0 Å². The largest absolute Gasteiger partial charge is 0.325 e. The van der Waals surface area contributed by atoms with Crippen LogP contribution in [-0.2, 0) is 21.7 Å². The Labute approximate surface area is 198 Å². The molecule has 0 radical (unpaired) electrons. The lowest BCUT2D eigenvalue weighted by atomic mass is 9.87. The number of rotatable bonds is 6. The van der Waals surface area contributed by atoms with Gasteiger partial charge >= 0.3 is 6.03 Å². The number of amidine groups is 1. The van der Waals surface area contributed by atoms with Crippen molar-refractivity contribution in [1.82, 2.24) is 15.1 Å². The summed E-state index contributed by atoms with van der Waals surface area (Å²) in [5.74, 6) is -0.0302. The first-order valence-electron chi connectivity index (χ1n) is 11.0. The number of nitrogens with one attached hydrogen (secondary N) is 1. The molecule has 2 aromatic rings. The molecule has 8 heteroatoms. The molecule has 2 aliphatic rings. The third-order valence-corrected chi connectivity index (χ3v) is 7.53. The molecule has 4 amide bonds. The zero-order valence-corrected chi connectivity index (χ0v) is 19.9. The smallest absolute Gasteiger partial charge is 0.319 e. The number of hydrogen-bond acceptors (Lipinski definition) is 5. The van der Waals surface area contributed by atoms with Gasteiger partial charge in [0.25, 0.3) is 5.91 Å². The van der Waals surface area contributed by atoms with E-state index in [0.717, 1.165) is 10.5 Å². The summed E-state index contributed by atoms with van der Waals surface area (Å²) in [7, 11) is 0. The van der Waals surface area contributed by atoms with Crippen molar-refractivity contribution in [2.45, 2.75) is 44.8 Å². The number of thioether (sulfide) groups is 1. The van der Waals surface area contributed by atoms with Gasteiger partial charge in [0.15, 0.2) is 5.17 Å². The molecule has 2 fully saturated rings. The molecule has 0 aromatic heterocycles.